The van der Waals surface area contributed by atoms with E-state index in [4.69, 9.17) is 4.42 Å². The van der Waals surface area contributed by atoms with Gasteiger partial charge in [-0.1, -0.05) is 6.92 Å². The molecule has 146 valence electrons. The minimum atomic E-state index is -0.0819. The molecule has 3 heterocycles. The van der Waals surface area contributed by atoms with Crippen molar-refractivity contribution >= 4 is 5.91 Å². The van der Waals surface area contributed by atoms with Gasteiger partial charge in [-0.3, -0.25) is 9.69 Å². The maximum Gasteiger partial charge on any atom is 0.287 e. The molecule has 0 unspecified atom stereocenters. The van der Waals surface area contributed by atoms with E-state index in [1.54, 1.807) is 12.7 Å². The second-order valence-corrected chi connectivity index (χ2v) is 7.75. The predicted octanol–water partition coefficient (Wildman–Crippen LogP) is 2.94. The molecule has 0 bridgehead atoms. The van der Waals surface area contributed by atoms with E-state index < -0.39 is 0 Å². The Morgan fingerprint density at radius 2 is 2.04 bits per heavy atom. The average molecular weight is 371 g/mol. The Morgan fingerprint density at radius 3 is 2.70 bits per heavy atom. The summed E-state index contributed by atoms with van der Waals surface area (Å²) in [6.45, 7) is 5.26. The fourth-order valence-corrected chi connectivity index (χ4v) is 4.34. The molecule has 7 nitrogen and oxygen atoms in total. The number of hydrogen-bond donors (Lipinski definition) is 1. The lowest BCUT2D eigenvalue weighted by Gasteiger charge is -2.28. The van der Waals surface area contributed by atoms with Crippen molar-refractivity contribution in [1.82, 2.24) is 25.0 Å². The molecular formula is C20H29N5O2. The highest BCUT2D eigenvalue weighted by Gasteiger charge is 2.26. The molecule has 1 saturated heterocycles. The van der Waals surface area contributed by atoms with Gasteiger partial charge >= 0.3 is 0 Å². The zero-order valence-corrected chi connectivity index (χ0v) is 16.1. The Labute approximate surface area is 160 Å². The number of carbonyl (C=O) groups excluding carboxylic acids is 1. The van der Waals surface area contributed by atoms with Crippen LogP contribution in [-0.4, -0.2) is 44.7 Å². The second kappa shape index (κ2) is 8.25. The molecule has 1 amide bonds. The Bertz CT molecular complexity index is 741. The number of rotatable bonds is 6. The van der Waals surface area contributed by atoms with Gasteiger partial charge in [-0.25, -0.2) is 9.67 Å². The third kappa shape index (κ3) is 4.24. The van der Waals surface area contributed by atoms with Gasteiger partial charge in [-0.05, 0) is 57.7 Å². The Morgan fingerprint density at radius 1 is 1.26 bits per heavy atom. The molecule has 2 aliphatic rings. The fraction of sp³-hybridized carbons (Fsp3) is 0.650. The molecule has 0 atom stereocenters. The predicted molar refractivity (Wildman–Crippen MR) is 101 cm³/mol. The van der Waals surface area contributed by atoms with Crippen LogP contribution in [0.2, 0.25) is 0 Å². The van der Waals surface area contributed by atoms with Gasteiger partial charge in [0.05, 0.1) is 6.04 Å². The summed E-state index contributed by atoms with van der Waals surface area (Å²) in [5.41, 5.74) is 1.17. The summed E-state index contributed by atoms with van der Waals surface area (Å²) in [7, 11) is 0. The van der Waals surface area contributed by atoms with Gasteiger partial charge in [0.2, 0.25) is 0 Å². The molecule has 0 aromatic carbocycles. The number of aromatic nitrogens is 3. The molecule has 4 rings (SSSR count). The smallest absolute Gasteiger partial charge is 0.287 e. The number of nitrogens with zero attached hydrogens (tertiary/aromatic N) is 4. The molecule has 2 fully saturated rings. The van der Waals surface area contributed by atoms with Gasteiger partial charge in [-0.2, -0.15) is 5.10 Å². The number of hydrogen-bond acceptors (Lipinski definition) is 5. The van der Waals surface area contributed by atoms with Gasteiger partial charge in [0.1, 0.15) is 18.4 Å². The molecule has 0 spiro atoms. The highest BCUT2D eigenvalue weighted by atomic mass is 16.4. The molecular weight excluding hydrogens is 342 g/mol. The van der Waals surface area contributed by atoms with Crippen molar-refractivity contribution in [2.24, 2.45) is 0 Å². The number of furan rings is 1. The van der Waals surface area contributed by atoms with Gasteiger partial charge < -0.3 is 9.73 Å². The number of likely N-dealkylation sites (tertiary alicyclic amines) is 1. The summed E-state index contributed by atoms with van der Waals surface area (Å²) in [5.74, 6) is 1.32. The minimum Gasteiger partial charge on any atom is -0.456 e. The van der Waals surface area contributed by atoms with E-state index in [1.807, 2.05) is 10.7 Å². The standard InChI is InChI=1S/C20H29N5O2/c1-2-18-15(12-24-9-3-4-10-24)11-19(27-18)20(26)23-16-5-7-17(8-6-16)25-14-21-13-22-25/h11,13-14,16-17H,2-10,12H2,1H3,(H,23,26). The molecule has 2 aromatic heterocycles. The summed E-state index contributed by atoms with van der Waals surface area (Å²) in [5, 5.41) is 7.40. The quantitative estimate of drug-likeness (QED) is 0.845. The van der Waals surface area contributed by atoms with Crippen molar-refractivity contribution in [3.05, 3.63) is 35.8 Å². The maximum absolute atomic E-state index is 12.7. The van der Waals surface area contributed by atoms with E-state index in [9.17, 15) is 4.79 Å². The second-order valence-electron chi connectivity index (χ2n) is 7.75. The van der Waals surface area contributed by atoms with Crippen molar-refractivity contribution in [2.75, 3.05) is 13.1 Å². The van der Waals surface area contributed by atoms with Crippen LogP contribution in [0.25, 0.3) is 0 Å². The zero-order valence-electron chi connectivity index (χ0n) is 16.1. The Balaban J connectivity index is 1.33. The van der Waals surface area contributed by atoms with Crippen LogP contribution in [0.4, 0.5) is 0 Å². The highest BCUT2D eigenvalue weighted by molar-refractivity contribution is 5.92. The van der Waals surface area contributed by atoms with Gasteiger partial charge in [0.25, 0.3) is 5.91 Å². The van der Waals surface area contributed by atoms with Crippen LogP contribution in [0.3, 0.4) is 0 Å². The number of amides is 1. The van der Waals surface area contributed by atoms with Crippen LogP contribution in [0, 0.1) is 0 Å². The van der Waals surface area contributed by atoms with Crippen molar-refractivity contribution < 1.29 is 9.21 Å². The Kier molecular flexibility index (Phi) is 5.57. The molecule has 1 N–H and O–H groups in total. The van der Waals surface area contributed by atoms with Crippen molar-refractivity contribution in [1.29, 1.82) is 0 Å². The minimum absolute atomic E-state index is 0.0819. The number of carbonyl (C=O) groups is 1. The normalized spacial score (nSPS) is 23.6. The first-order valence-electron chi connectivity index (χ1n) is 10.2. The molecule has 1 aliphatic carbocycles. The van der Waals surface area contributed by atoms with Crippen molar-refractivity contribution in [3.63, 3.8) is 0 Å². The molecule has 7 heteroatoms. The van der Waals surface area contributed by atoms with E-state index in [0.29, 0.717) is 11.8 Å². The topological polar surface area (TPSA) is 76.2 Å². The lowest BCUT2D eigenvalue weighted by atomic mass is 9.91. The molecule has 1 saturated carbocycles. The van der Waals surface area contributed by atoms with E-state index in [2.05, 4.69) is 27.2 Å². The summed E-state index contributed by atoms with van der Waals surface area (Å²) in [6.07, 6.45) is 10.6. The van der Waals surface area contributed by atoms with E-state index in [-0.39, 0.29) is 11.9 Å². The maximum atomic E-state index is 12.7. The molecule has 0 radical (unpaired) electrons. The molecule has 1 aliphatic heterocycles. The monoisotopic (exact) mass is 371 g/mol. The third-order valence-corrected chi connectivity index (χ3v) is 5.88. The first-order chi connectivity index (χ1) is 13.2. The van der Waals surface area contributed by atoms with Gasteiger partial charge in [0.15, 0.2) is 5.76 Å². The molecule has 2 aromatic rings. The van der Waals surface area contributed by atoms with Gasteiger partial charge in [0, 0.05) is 24.6 Å². The molecule has 27 heavy (non-hydrogen) atoms. The largest absolute Gasteiger partial charge is 0.456 e. The number of nitrogens with one attached hydrogen (secondary N) is 1. The van der Waals surface area contributed by atoms with E-state index >= 15 is 0 Å². The summed E-state index contributed by atoms with van der Waals surface area (Å²) in [4.78, 5) is 19.2. The first-order valence-corrected chi connectivity index (χ1v) is 10.2. The fourth-order valence-electron chi connectivity index (χ4n) is 4.34. The van der Waals surface area contributed by atoms with Gasteiger partial charge in [-0.15, -0.1) is 0 Å². The van der Waals surface area contributed by atoms with Crippen LogP contribution >= 0.6 is 0 Å². The number of aryl methyl sites for hydroxylation is 1. The van der Waals surface area contributed by atoms with Crippen LogP contribution < -0.4 is 5.32 Å². The van der Waals surface area contributed by atoms with Crippen LogP contribution in [0.15, 0.2) is 23.1 Å². The Hall–Kier alpha value is -2.15. The SMILES string of the molecule is CCc1oc(C(=O)NC2CCC(n3cncn3)CC2)cc1CN1CCCC1. The van der Waals surface area contributed by atoms with Crippen molar-refractivity contribution in [3.8, 4) is 0 Å². The van der Waals surface area contributed by atoms with Crippen LogP contribution in [0.1, 0.15) is 73.4 Å². The van der Waals surface area contributed by atoms with Crippen LogP contribution in [0.5, 0.6) is 0 Å². The summed E-state index contributed by atoms with van der Waals surface area (Å²) in [6, 6.07) is 2.55. The van der Waals surface area contributed by atoms with Crippen molar-refractivity contribution in [2.45, 2.75) is 70.5 Å². The van der Waals surface area contributed by atoms with E-state index in [1.165, 1.54) is 18.4 Å². The third-order valence-electron chi connectivity index (χ3n) is 5.88. The van der Waals surface area contributed by atoms with E-state index in [0.717, 1.165) is 57.5 Å². The lowest BCUT2D eigenvalue weighted by molar-refractivity contribution is 0.0892. The average Bonchev–Trinajstić information content (AvgIpc) is 3.44. The lowest BCUT2D eigenvalue weighted by Crippen LogP contribution is -2.37. The zero-order chi connectivity index (χ0) is 18.6. The highest BCUT2D eigenvalue weighted by Crippen LogP contribution is 2.28. The van der Waals surface area contributed by atoms with Crippen LogP contribution in [-0.2, 0) is 13.0 Å². The summed E-state index contributed by atoms with van der Waals surface area (Å²) < 4.78 is 7.83. The summed E-state index contributed by atoms with van der Waals surface area (Å²) >= 11 is 0. The first kappa shape index (κ1) is 18.2.